The van der Waals surface area contributed by atoms with Crippen molar-refractivity contribution in [1.29, 1.82) is 0 Å². The van der Waals surface area contributed by atoms with E-state index in [0.717, 1.165) is 11.4 Å². The first-order valence-corrected chi connectivity index (χ1v) is 8.07. The van der Waals surface area contributed by atoms with Gasteiger partial charge in [0.1, 0.15) is 0 Å². The number of carbonyl (C=O) groups excluding carboxylic acids is 1. The van der Waals surface area contributed by atoms with Gasteiger partial charge in [-0.3, -0.25) is 0 Å². The molecule has 0 saturated carbocycles. The topological polar surface area (TPSA) is 92.1 Å². The highest BCUT2D eigenvalue weighted by Crippen LogP contribution is 2.12. The molecule has 0 aliphatic rings. The molecule has 0 fully saturated rings. The summed E-state index contributed by atoms with van der Waals surface area (Å²) in [4.78, 5) is 16.2. The van der Waals surface area contributed by atoms with Gasteiger partial charge in [-0.2, -0.15) is 5.10 Å². The fraction of sp³-hybridized carbons (Fsp3) is 0.471. The van der Waals surface area contributed by atoms with Crippen molar-refractivity contribution < 1.29 is 9.90 Å². The number of nitrogens with one attached hydrogen (secondary N) is 2. The molecule has 2 heterocycles. The van der Waals surface area contributed by atoms with Crippen LogP contribution in [0.15, 0.2) is 24.4 Å². The van der Waals surface area contributed by atoms with Gasteiger partial charge in [0.25, 0.3) is 0 Å². The van der Waals surface area contributed by atoms with Crippen molar-refractivity contribution in [3.8, 4) is 5.82 Å². The Morgan fingerprint density at radius 1 is 1.33 bits per heavy atom. The number of aliphatic hydroxyl groups excluding tert-OH is 1. The van der Waals surface area contributed by atoms with Crippen molar-refractivity contribution in [1.82, 2.24) is 20.1 Å². The molecule has 0 aliphatic carbocycles. The lowest BCUT2D eigenvalue weighted by Gasteiger charge is -2.14. The summed E-state index contributed by atoms with van der Waals surface area (Å²) >= 11 is 0. The Morgan fingerprint density at radius 2 is 2.08 bits per heavy atom. The summed E-state index contributed by atoms with van der Waals surface area (Å²) in [6.07, 6.45) is 1.69. The zero-order valence-electron chi connectivity index (χ0n) is 14.6. The number of hydrogen-bond donors (Lipinski definition) is 3. The number of aliphatic hydroxyl groups is 1. The third kappa shape index (κ3) is 5.06. The van der Waals surface area contributed by atoms with Gasteiger partial charge >= 0.3 is 6.03 Å². The summed E-state index contributed by atoms with van der Waals surface area (Å²) in [7, 11) is 0. The normalized spacial score (nSPS) is 12.2. The highest BCUT2D eigenvalue weighted by atomic mass is 16.3. The average Bonchev–Trinajstić information content (AvgIpc) is 2.84. The lowest BCUT2D eigenvalue weighted by Crippen LogP contribution is -2.35. The van der Waals surface area contributed by atoms with Gasteiger partial charge in [0, 0.05) is 12.2 Å². The van der Waals surface area contributed by atoms with Crippen molar-refractivity contribution >= 4 is 11.7 Å². The molecule has 0 radical (unpaired) electrons. The molecule has 0 saturated heterocycles. The van der Waals surface area contributed by atoms with Gasteiger partial charge in [-0.15, -0.1) is 0 Å². The zero-order valence-corrected chi connectivity index (χ0v) is 14.6. The predicted molar refractivity (Wildman–Crippen MR) is 93.3 cm³/mol. The van der Waals surface area contributed by atoms with Crippen molar-refractivity contribution in [2.75, 3.05) is 11.9 Å². The van der Waals surface area contributed by atoms with Gasteiger partial charge in [0.2, 0.25) is 0 Å². The number of carbonyl (C=O) groups is 1. The molecule has 2 amide bonds. The number of aryl methyl sites for hydroxylation is 2. The van der Waals surface area contributed by atoms with E-state index in [9.17, 15) is 9.90 Å². The van der Waals surface area contributed by atoms with Crippen LogP contribution < -0.4 is 10.6 Å². The molecule has 0 aromatic carbocycles. The van der Waals surface area contributed by atoms with E-state index in [1.165, 1.54) is 0 Å². The predicted octanol–water partition coefficient (Wildman–Crippen LogP) is 2.41. The van der Waals surface area contributed by atoms with Crippen LogP contribution in [0.2, 0.25) is 0 Å². The molecular formula is C17H25N5O2. The molecule has 0 spiro atoms. The number of urea groups is 1. The Labute approximate surface area is 142 Å². The molecule has 130 valence electrons. The van der Waals surface area contributed by atoms with Crippen molar-refractivity contribution in [3.05, 3.63) is 35.8 Å². The molecule has 1 atom stereocenters. The van der Waals surface area contributed by atoms with E-state index in [1.54, 1.807) is 23.0 Å². The molecule has 7 nitrogen and oxygen atoms in total. The van der Waals surface area contributed by atoms with Gasteiger partial charge < -0.3 is 15.7 Å². The standard InChI is InChI=1S/C17H25N5O2/c1-11(2)7-15(23)10-19-17(24)20-14-5-6-16(18-9-14)22-13(4)8-12(3)21-22/h5-6,8-9,11,15,23H,7,10H2,1-4H3,(H2,19,20,24). The number of hydrogen-bond acceptors (Lipinski definition) is 4. The van der Waals surface area contributed by atoms with Crippen LogP contribution in [0.3, 0.4) is 0 Å². The Balaban J connectivity index is 1.89. The van der Waals surface area contributed by atoms with Crippen LogP contribution in [0.1, 0.15) is 31.7 Å². The third-order valence-corrected chi connectivity index (χ3v) is 3.47. The van der Waals surface area contributed by atoms with Gasteiger partial charge in [-0.25, -0.2) is 14.5 Å². The lowest BCUT2D eigenvalue weighted by molar-refractivity contribution is 0.148. The van der Waals surface area contributed by atoms with Crippen LogP contribution in [-0.4, -0.2) is 38.6 Å². The first kappa shape index (κ1) is 17.9. The van der Waals surface area contributed by atoms with Gasteiger partial charge in [0.05, 0.1) is 23.7 Å². The quantitative estimate of drug-likeness (QED) is 0.758. The second-order valence-corrected chi connectivity index (χ2v) is 6.36. The second kappa shape index (κ2) is 7.92. The molecule has 2 rings (SSSR count). The average molecular weight is 331 g/mol. The molecule has 2 aromatic heterocycles. The smallest absolute Gasteiger partial charge is 0.319 e. The maximum absolute atomic E-state index is 11.8. The summed E-state index contributed by atoms with van der Waals surface area (Å²) in [6, 6.07) is 5.17. The van der Waals surface area contributed by atoms with E-state index in [4.69, 9.17) is 0 Å². The number of pyridine rings is 1. The number of amides is 2. The first-order chi connectivity index (χ1) is 11.3. The van der Waals surface area contributed by atoms with Gasteiger partial charge in [-0.05, 0) is 44.4 Å². The van der Waals surface area contributed by atoms with Crippen LogP contribution >= 0.6 is 0 Å². The summed E-state index contributed by atoms with van der Waals surface area (Å²) in [6.45, 7) is 8.17. The highest BCUT2D eigenvalue weighted by molar-refractivity contribution is 5.89. The summed E-state index contributed by atoms with van der Waals surface area (Å²) in [5, 5.41) is 19.5. The van der Waals surface area contributed by atoms with Crippen LogP contribution in [0.4, 0.5) is 10.5 Å². The molecular weight excluding hydrogens is 306 g/mol. The fourth-order valence-corrected chi connectivity index (χ4v) is 2.46. The van der Waals surface area contributed by atoms with Crippen LogP contribution in [0.5, 0.6) is 0 Å². The SMILES string of the molecule is Cc1cc(C)n(-c2ccc(NC(=O)NCC(O)CC(C)C)cn2)n1. The fourth-order valence-electron chi connectivity index (χ4n) is 2.46. The van der Waals surface area contributed by atoms with Crippen LogP contribution in [-0.2, 0) is 0 Å². The Bertz CT molecular complexity index is 679. The van der Waals surface area contributed by atoms with E-state index < -0.39 is 6.10 Å². The highest BCUT2D eigenvalue weighted by Gasteiger charge is 2.10. The Kier molecular flexibility index (Phi) is 5.92. The molecule has 2 aromatic rings. The van der Waals surface area contributed by atoms with Crippen molar-refractivity contribution in [2.45, 2.75) is 40.2 Å². The Hall–Kier alpha value is -2.41. The summed E-state index contributed by atoms with van der Waals surface area (Å²) in [5.41, 5.74) is 2.50. The number of nitrogens with zero attached hydrogens (tertiary/aromatic N) is 3. The van der Waals surface area contributed by atoms with Crippen LogP contribution in [0, 0.1) is 19.8 Å². The number of aromatic nitrogens is 3. The van der Waals surface area contributed by atoms with E-state index in [-0.39, 0.29) is 12.6 Å². The minimum absolute atomic E-state index is 0.223. The van der Waals surface area contributed by atoms with Gasteiger partial charge in [0.15, 0.2) is 5.82 Å². The summed E-state index contributed by atoms with van der Waals surface area (Å²) < 4.78 is 1.75. The zero-order chi connectivity index (χ0) is 17.7. The molecule has 0 bridgehead atoms. The first-order valence-electron chi connectivity index (χ1n) is 8.07. The van der Waals surface area contributed by atoms with Crippen molar-refractivity contribution in [2.24, 2.45) is 5.92 Å². The Morgan fingerprint density at radius 3 is 2.62 bits per heavy atom. The summed E-state index contributed by atoms with van der Waals surface area (Å²) in [5.74, 6) is 1.08. The molecule has 24 heavy (non-hydrogen) atoms. The third-order valence-electron chi connectivity index (χ3n) is 3.47. The minimum Gasteiger partial charge on any atom is -0.391 e. The van der Waals surface area contributed by atoms with Crippen LogP contribution in [0.25, 0.3) is 5.82 Å². The second-order valence-electron chi connectivity index (χ2n) is 6.36. The lowest BCUT2D eigenvalue weighted by atomic mass is 10.1. The molecule has 0 aliphatic heterocycles. The van der Waals surface area contributed by atoms with E-state index in [0.29, 0.717) is 23.8 Å². The number of anilines is 1. The van der Waals surface area contributed by atoms with E-state index in [2.05, 4.69) is 20.7 Å². The number of rotatable bonds is 6. The molecule has 1 unspecified atom stereocenters. The maximum atomic E-state index is 11.8. The maximum Gasteiger partial charge on any atom is 0.319 e. The minimum atomic E-state index is -0.540. The monoisotopic (exact) mass is 331 g/mol. The molecule has 7 heteroatoms. The van der Waals surface area contributed by atoms with E-state index >= 15 is 0 Å². The largest absolute Gasteiger partial charge is 0.391 e. The van der Waals surface area contributed by atoms with Gasteiger partial charge in [-0.1, -0.05) is 13.8 Å². The van der Waals surface area contributed by atoms with E-state index in [1.807, 2.05) is 33.8 Å². The molecule has 3 N–H and O–H groups in total. The van der Waals surface area contributed by atoms with Crippen molar-refractivity contribution in [3.63, 3.8) is 0 Å².